The monoisotopic (exact) mass is 195 g/mol. The van der Waals surface area contributed by atoms with Crippen LogP contribution in [0.5, 0.6) is 0 Å². The first-order valence-electron chi connectivity index (χ1n) is 6.30. The number of fused-ring (bicyclic) bond motifs is 2. The Bertz CT molecular complexity index is 209. The second-order valence-corrected chi connectivity index (χ2v) is 6.04. The van der Waals surface area contributed by atoms with Crippen molar-refractivity contribution in [3.8, 4) is 0 Å². The quantitative estimate of drug-likeness (QED) is 0.730. The largest absolute Gasteiger partial charge is 0.314 e. The number of rotatable bonds is 3. The van der Waals surface area contributed by atoms with Gasteiger partial charge < -0.3 is 5.32 Å². The molecule has 0 radical (unpaired) electrons. The highest BCUT2D eigenvalue weighted by atomic mass is 14.9. The summed E-state index contributed by atoms with van der Waals surface area (Å²) in [5, 5.41) is 3.74. The molecular weight excluding hydrogens is 170 g/mol. The molecule has 0 aliphatic heterocycles. The van der Waals surface area contributed by atoms with Crippen LogP contribution in [0.25, 0.3) is 0 Å². The summed E-state index contributed by atoms with van der Waals surface area (Å²) in [6.07, 6.45) is 4.16. The van der Waals surface area contributed by atoms with Crippen LogP contribution in [0.2, 0.25) is 0 Å². The molecule has 0 aromatic carbocycles. The van der Waals surface area contributed by atoms with E-state index in [0.717, 1.165) is 23.8 Å². The SMILES string of the molecule is CCCN[C@H]1C[C@H](C)[C@H]2C[C@H]1C2(C)C. The first kappa shape index (κ1) is 10.5. The third-order valence-corrected chi connectivity index (χ3v) is 4.87. The third kappa shape index (κ3) is 1.41. The standard InChI is InChI=1S/C13H25N/c1-5-6-14-12-7-9(2)10-8-11(12)13(10,3)4/h9-12,14H,5-8H2,1-4H3/t9-,10+,11+,12-/m0/s1. The molecule has 0 aromatic heterocycles. The molecule has 0 amide bonds. The Morgan fingerprint density at radius 2 is 1.93 bits per heavy atom. The molecule has 1 N–H and O–H groups in total. The van der Waals surface area contributed by atoms with Gasteiger partial charge in [0.1, 0.15) is 0 Å². The molecule has 3 aliphatic carbocycles. The average molecular weight is 195 g/mol. The van der Waals surface area contributed by atoms with Gasteiger partial charge in [-0.15, -0.1) is 0 Å². The molecule has 1 nitrogen and oxygen atoms in total. The van der Waals surface area contributed by atoms with Crippen LogP contribution < -0.4 is 5.32 Å². The predicted octanol–water partition coefficient (Wildman–Crippen LogP) is 3.06. The Kier molecular flexibility index (Phi) is 2.63. The van der Waals surface area contributed by atoms with E-state index in [9.17, 15) is 0 Å². The predicted molar refractivity (Wildman–Crippen MR) is 61.2 cm³/mol. The summed E-state index contributed by atoms with van der Waals surface area (Å²) in [7, 11) is 0. The molecule has 4 atom stereocenters. The highest BCUT2D eigenvalue weighted by molar-refractivity contribution is 5.08. The zero-order chi connectivity index (χ0) is 10.3. The van der Waals surface area contributed by atoms with Crippen molar-refractivity contribution in [1.29, 1.82) is 0 Å². The van der Waals surface area contributed by atoms with Gasteiger partial charge in [-0.2, -0.15) is 0 Å². The number of nitrogens with one attached hydrogen (secondary N) is 1. The maximum atomic E-state index is 3.74. The van der Waals surface area contributed by atoms with Crippen molar-refractivity contribution >= 4 is 0 Å². The minimum Gasteiger partial charge on any atom is -0.314 e. The first-order chi connectivity index (χ1) is 6.57. The zero-order valence-electron chi connectivity index (χ0n) is 10.1. The molecule has 2 bridgehead atoms. The minimum atomic E-state index is 0.614. The normalized spacial score (nSPS) is 44.6. The summed E-state index contributed by atoms with van der Waals surface area (Å²) >= 11 is 0. The molecule has 1 heteroatoms. The molecule has 14 heavy (non-hydrogen) atoms. The lowest BCUT2D eigenvalue weighted by atomic mass is 9.44. The van der Waals surface area contributed by atoms with Crippen LogP contribution in [0.3, 0.4) is 0 Å². The van der Waals surface area contributed by atoms with Gasteiger partial charge in [-0.3, -0.25) is 0 Å². The highest BCUT2D eigenvalue weighted by Crippen LogP contribution is 2.61. The van der Waals surface area contributed by atoms with Gasteiger partial charge in [0.2, 0.25) is 0 Å². The van der Waals surface area contributed by atoms with E-state index in [-0.39, 0.29) is 0 Å². The molecule has 0 spiro atoms. The molecule has 3 aliphatic rings. The fourth-order valence-corrected chi connectivity index (χ4v) is 3.93. The van der Waals surface area contributed by atoms with E-state index in [1.54, 1.807) is 0 Å². The molecule has 0 heterocycles. The first-order valence-corrected chi connectivity index (χ1v) is 6.30. The van der Waals surface area contributed by atoms with E-state index in [1.807, 2.05) is 0 Å². The Hall–Kier alpha value is -0.0400. The Morgan fingerprint density at radius 1 is 1.21 bits per heavy atom. The fourth-order valence-electron chi connectivity index (χ4n) is 3.93. The van der Waals surface area contributed by atoms with Crippen molar-refractivity contribution in [1.82, 2.24) is 5.32 Å². The van der Waals surface area contributed by atoms with Crippen molar-refractivity contribution in [3.05, 3.63) is 0 Å². The van der Waals surface area contributed by atoms with Crippen LogP contribution in [-0.4, -0.2) is 12.6 Å². The fraction of sp³-hybridized carbons (Fsp3) is 1.00. The summed E-state index contributed by atoms with van der Waals surface area (Å²) in [6.45, 7) is 10.9. The van der Waals surface area contributed by atoms with Gasteiger partial charge in [0, 0.05) is 6.04 Å². The topological polar surface area (TPSA) is 12.0 Å². The lowest BCUT2D eigenvalue weighted by Crippen LogP contribution is -2.61. The van der Waals surface area contributed by atoms with Crippen LogP contribution >= 0.6 is 0 Å². The van der Waals surface area contributed by atoms with Crippen LogP contribution in [0.4, 0.5) is 0 Å². The smallest absolute Gasteiger partial charge is 0.0103 e. The zero-order valence-corrected chi connectivity index (χ0v) is 10.1. The lowest BCUT2D eigenvalue weighted by Gasteiger charge is -2.63. The van der Waals surface area contributed by atoms with Gasteiger partial charge in [0.05, 0.1) is 0 Å². The molecule has 0 unspecified atom stereocenters. The van der Waals surface area contributed by atoms with Crippen molar-refractivity contribution in [2.24, 2.45) is 23.2 Å². The van der Waals surface area contributed by atoms with E-state index < -0.39 is 0 Å². The van der Waals surface area contributed by atoms with Crippen LogP contribution in [0.15, 0.2) is 0 Å². The Labute approximate surface area is 88.7 Å². The molecule has 82 valence electrons. The molecule has 0 aromatic rings. The summed E-state index contributed by atoms with van der Waals surface area (Å²) in [5.41, 5.74) is 0.614. The van der Waals surface area contributed by atoms with E-state index in [4.69, 9.17) is 0 Å². The second-order valence-electron chi connectivity index (χ2n) is 6.04. The molecule has 3 rings (SSSR count). The second kappa shape index (κ2) is 3.52. The molecule has 3 fully saturated rings. The van der Waals surface area contributed by atoms with Gasteiger partial charge in [-0.25, -0.2) is 0 Å². The summed E-state index contributed by atoms with van der Waals surface area (Å²) in [5.74, 6) is 2.90. The van der Waals surface area contributed by atoms with Gasteiger partial charge in [0.15, 0.2) is 0 Å². The van der Waals surface area contributed by atoms with Gasteiger partial charge in [-0.05, 0) is 49.0 Å². The van der Waals surface area contributed by atoms with Crippen LogP contribution in [0, 0.1) is 23.2 Å². The maximum absolute atomic E-state index is 3.74. The number of hydrogen-bond donors (Lipinski definition) is 1. The van der Waals surface area contributed by atoms with Gasteiger partial charge in [-0.1, -0.05) is 27.7 Å². The highest BCUT2D eigenvalue weighted by Gasteiger charge is 2.56. The van der Waals surface area contributed by atoms with E-state index in [2.05, 4.69) is 33.0 Å². The molecule has 3 saturated carbocycles. The Balaban J connectivity index is 1.99. The van der Waals surface area contributed by atoms with Crippen molar-refractivity contribution in [2.45, 2.75) is 53.0 Å². The van der Waals surface area contributed by atoms with Gasteiger partial charge >= 0.3 is 0 Å². The molecule has 0 saturated heterocycles. The number of hydrogen-bond acceptors (Lipinski definition) is 1. The Morgan fingerprint density at radius 3 is 2.43 bits per heavy atom. The summed E-state index contributed by atoms with van der Waals surface area (Å²) < 4.78 is 0. The lowest BCUT2D eigenvalue weighted by molar-refractivity contribution is -0.119. The average Bonchev–Trinajstić information content (AvgIpc) is 2.13. The van der Waals surface area contributed by atoms with E-state index >= 15 is 0 Å². The van der Waals surface area contributed by atoms with E-state index in [1.165, 1.54) is 25.8 Å². The van der Waals surface area contributed by atoms with Crippen molar-refractivity contribution in [3.63, 3.8) is 0 Å². The maximum Gasteiger partial charge on any atom is 0.0103 e. The van der Waals surface area contributed by atoms with Crippen molar-refractivity contribution in [2.75, 3.05) is 6.54 Å². The molecular formula is C13H25N. The third-order valence-electron chi connectivity index (χ3n) is 4.87. The van der Waals surface area contributed by atoms with Crippen LogP contribution in [-0.2, 0) is 0 Å². The minimum absolute atomic E-state index is 0.614. The van der Waals surface area contributed by atoms with Crippen molar-refractivity contribution < 1.29 is 0 Å². The van der Waals surface area contributed by atoms with Gasteiger partial charge in [0.25, 0.3) is 0 Å². The van der Waals surface area contributed by atoms with E-state index in [0.29, 0.717) is 5.41 Å². The van der Waals surface area contributed by atoms with Crippen LogP contribution in [0.1, 0.15) is 47.0 Å². The summed E-state index contributed by atoms with van der Waals surface area (Å²) in [4.78, 5) is 0. The summed E-state index contributed by atoms with van der Waals surface area (Å²) in [6, 6.07) is 0.810.